The van der Waals surface area contributed by atoms with E-state index in [-0.39, 0.29) is 54.1 Å². The summed E-state index contributed by atoms with van der Waals surface area (Å²) in [5.74, 6) is -1.41. The third kappa shape index (κ3) is 4.51. The number of aromatic hydroxyl groups is 1. The lowest BCUT2D eigenvalue weighted by atomic mass is 10.0. The molecule has 0 aliphatic carbocycles. The first kappa shape index (κ1) is 24.6. The number of unbranched alkanes of at least 4 members (excludes halogenated alkanes) is 1. The smallest absolute Gasteiger partial charge is 0.271 e. The molecule has 2 aromatic rings. The Bertz CT molecular complexity index is 1090. The van der Waals surface area contributed by atoms with Crippen LogP contribution in [0.2, 0.25) is 25.1 Å². The largest absolute Gasteiger partial charge is 0.494 e. The summed E-state index contributed by atoms with van der Waals surface area (Å²) in [5.41, 5.74) is -1.06. The van der Waals surface area contributed by atoms with Crippen molar-refractivity contribution in [3.63, 3.8) is 0 Å². The fraction of sp³-hybridized carbons (Fsp3) is 0.316. The number of Topliss-reactive ketones (excluding diaryl/α,β-unsaturated/α-hetero) is 1. The first-order chi connectivity index (χ1) is 14.1. The number of ketones is 1. The lowest BCUT2D eigenvalue weighted by Gasteiger charge is -2.16. The van der Waals surface area contributed by atoms with Crippen LogP contribution in [0.3, 0.4) is 0 Å². The van der Waals surface area contributed by atoms with E-state index < -0.39 is 23.8 Å². The Morgan fingerprint density at radius 2 is 1.63 bits per heavy atom. The average Bonchev–Trinajstić information content (AvgIpc) is 2.71. The maximum Gasteiger partial charge on any atom is 0.271 e. The molecular formula is C19H15Cl5N2O4. The Labute approximate surface area is 197 Å². The van der Waals surface area contributed by atoms with E-state index in [9.17, 15) is 20.0 Å². The zero-order valence-corrected chi connectivity index (χ0v) is 19.6. The van der Waals surface area contributed by atoms with Crippen LogP contribution in [0.5, 0.6) is 11.6 Å². The van der Waals surface area contributed by atoms with Gasteiger partial charge in [-0.1, -0.05) is 71.3 Å². The Morgan fingerprint density at radius 1 is 1.10 bits per heavy atom. The number of nitrogens with zero attached hydrogens (tertiary/aromatic N) is 2. The monoisotopic (exact) mass is 510 g/mol. The van der Waals surface area contributed by atoms with Crippen LogP contribution in [0.4, 0.5) is 0 Å². The molecule has 30 heavy (non-hydrogen) atoms. The molecule has 1 aromatic carbocycles. The molecule has 0 spiro atoms. The highest BCUT2D eigenvalue weighted by Crippen LogP contribution is 2.48. The average molecular weight is 513 g/mol. The predicted molar refractivity (Wildman–Crippen MR) is 118 cm³/mol. The zero-order chi connectivity index (χ0) is 22.7. The van der Waals surface area contributed by atoms with Crippen molar-refractivity contribution in [2.75, 3.05) is 6.61 Å². The molecule has 0 saturated heterocycles. The molecule has 0 aliphatic heterocycles. The molecule has 11 heteroatoms. The third-order valence-corrected chi connectivity index (χ3v) is 6.57. The number of hydrogen-bond acceptors (Lipinski definition) is 5. The van der Waals surface area contributed by atoms with Gasteiger partial charge in [-0.2, -0.15) is 5.26 Å². The number of pyridine rings is 1. The maximum atomic E-state index is 12.8. The highest BCUT2D eigenvalue weighted by Gasteiger charge is 2.26. The minimum Gasteiger partial charge on any atom is -0.494 e. The molecule has 0 aliphatic rings. The summed E-state index contributed by atoms with van der Waals surface area (Å²) in [6.07, 6.45) is 1.31. The molecule has 6 nitrogen and oxygen atoms in total. The maximum absolute atomic E-state index is 12.8. The van der Waals surface area contributed by atoms with Gasteiger partial charge in [-0.3, -0.25) is 14.2 Å². The van der Waals surface area contributed by atoms with Crippen LogP contribution >= 0.6 is 58.0 Å². The van der Waals surface area contributed by atoms with Crippen LogP contribution in [0.1, 0.15) is 41.3 Å². The van der Waals surface area contributed by atoms with Crippen molar-refractivity contribution in [1.29, 1.82) is 5.26 Å². The lowest BCUT2D eigenvalue weighted by Crippen LogP contribution is -2.27. The Hall–Kier alpha value is -1.62. The first-order valence-corrected chi connectivity index (χ1v) is 10.5. The van der Waals surface area contributed by atoms with Crippen molar-refractivity contribution >= 4 is 63.8 Å². The van der Waals surface area contributed by atoms with Gasteiger partial charge >= 0.3 is 0 Å². The van der Waals surface area contributed by atoms with Crippen molar-refractivity contribution in [2.24, 2.45) is 0 Å². The zero-order valence-electron chi connectivity index (χ0n) is 15.8. The van der Waals surface area contributed by atoms with Gasteiger partial charge in [0.15, 0.2) is 12.4 Å². The standard InChI is InChI=1S/C19H15Cl5N2O4/c1-3-4-5-26-18(28)9(6-25)8(2)11(19(26)29)10(27)7-30-17-15(23)13(21)12(20)14(22)16(17)24/h29H,3-5,7H2,1-2H3. The van der Waals surface area contributed by atoms with Crippen LogP contribution in [0.15, 0.2) is 4.79 Å². The molecule has 2 rings (SSSR count). The predicted octanol–water partition coefficient (Wildman–Crippen LogP) is 6.06. The van der Waals surface area contributed by atoms with E-state index in [1.807, 2.05) is 6.92 Å². The fourth-order valence-corrected chi connectivity index (χ4v) is 3.96. The van der Waals surface area contributed by atoms with Gasteiger partial charge in [0.25, 0.3) is 5.56 Å². The third-order valence-electron chi connectivity index (χ3n) is 4.33. The summed E-state index contributed by atoms with van der Waals surface area (Å²) >= 11 is 30.1. The van der Waals surface area contributed by atoms with Gasteiger partial charge in [0, 0.05) is 6.54 Å². The van der Waals surface area contributed by atoms with Crippen molar-refractivity contribution in [1.82, 2.24) is 4.57 Å². The summed E-state index contributed by atoms with van der Waals surface area (Å²) in [4.78, 5) is 25.3. The van der Waals surface area contributed by atoms with Crippen LogP contribution in [-0.2, 0) is 6.54 Å². The second kappa shape index (κ2) is 10.1. The SMILES string of the molecule is CCCCn1c(O)c(C(=O)COc2c(Cl)c(Cl)c(Cl)c(Cl)c2Cl)c(C)c(C#N)c1=O. The highest BCUT2D eigenvalue weighted by atomic mass is 35.5. The molecule has 1 aromatic heterocycles. The number of hydrogen-bond donors (Lipinski definition) is 1. The molecule has 0 unspecified atom stereocenters. The molecule has 0 fully saturated rings. The van der Waals surface area contributed by atoms with E-state index in [1.54, 1.807) is 6.07 Å². The van der Waals surface area contributed by atoms with Gasteiger partial charge in [-0.05, 0) is 18.9 Å². The Balaban J connectivity index is 2.49. The molecule has 0 saturated carbocycles. The van der Waals surface area contributed by atoms with E-state index in [0.29, 0.717) is 6.42 Å². The van der Waals surface area contributed by atoms with Gasteiger partial charge in [0.2, 0.25) is 11.7 Å². The van der Waals surface area contributed by atoms with Crippen LogP contribution in [-0.4, -0.2) is 22.1 Å². The van der Waals surface area contributed by atoms with Crippen molar-refractivity contribution in [3.8, 4) is 17.7 Å². The van der Waals surface area contributed by atoms with E-state index in [4.69, 9.17) is 62.7 Å². The normalized spacial score (nSPS) is 10.7. The summed E-state index contributed by atoms with van der Waals surface area (Å²) in [6, 6.07) is 1.79. The summed E-state index contributed by atoms with van der Waals surface area (Å²) in [5, 5.41) is 19.4. The summed E-state index contributed by atoms with van der Waals surface area (Å²) in [7, 11) is 0. The quantitative estimate of drug-likeness (QED) is 0.276. The minimum absolute atomic E-state index is 0.0470. The molecule has 1 N–H and O–H groups in total. The van der Waals surface area contributed by atoms with E-state index in [2.05, 4.69) is 0 Å². The lowest BCUT2D eigenvalue weighted by molar-refractivity contribution is 0.0916. The molecule has 160 valence electrons. The molecular weight excluding hydrogens is 497 g/mol. The van der Waals surface area contributed by atoms with Gasteiger partial charge in [0.05, 0.1) is 20.6 Å². The van der Waals surface area contributed by atoms with Gasteiger partial charge in [-0.15, -0.1) is 0 Å². The Kier molecular flexibility index (Phi) is 8.32. The molecule has 0 atom stereocenters. The van der Waals surface area contributed by atoms with Crippen molar-refractivity contribution in [2.45, 2.75) is 33.2 Å². The number of benzene rings is 1. The highest BCUT2D eigenvalue weighted by molar-refractivity contribution is 6.55. The van der Waals surface area contributed by atoms with Crippen molar-refractivity contribution in [3.05, 3.63) is 52.2 Å². The fourth-order valence-electron chi connectivity index (χ4n) is 2.73. The van der Waals surface area contributed by atoms with Crippen LogP contribution in [0.25, 0.3) is 0 Å². The summed E-state index contributed by atoms with van der Waals surface area (Å²) in [6.45, 7) is 2.82. The number of halogens is 5. The number of aromatic nitrogens is 1. The van der Waals surface area contributed by atoms with Crippen LogP contribution in [0, 0.1) is 18.3 Å². The van der Waals surface area contributed by atoms with E-state index in [0.717, 1.165) is 11.0 Å². The van der Waals surface area contributed by atoms with E-state index >= 15 is 0 Å². The van der Waals surface area contributed by atoms with Crippen molar-refractivity contribution < 1.29 is 14.6 Å². The van der Waals surface area contributed by atoms with E-state index in [1.165, 1.54) is 6.92 Å². The number of rotatable bonds is 7. The second-order valence-electron chi connectivity index (χ2n) is 6.23. The first-order valence-electron chi connectivity index (χ1n) is 8.62. The topological polar surface area (TPSA) is 92.3 Å². The Morgan fingerprint density at radius 3 is 2.13 bits per heavy atom. The summed E-state index contributed by atoms with van der Waals surface area (Å²) < 4.78 is 6.41. The molecule has 1 heterocycles. The van der Waals surface area contributed by atoms with Gasteiger partial charge in [0.1, 0.15) is 21.7 Å². The number of carbonyl (C=O) groups is 1. The number of nitriles is 1. The molecule has 0 bridgehead atoms. The van der Waals surface area contributed by atoms with Crippen LogP contribution < -0.4 is 10.3 Å². The molecule has 0 radical (unpaired) electrons. The number of ether oxygens (including phenoxy) is 1. The van der Waals surface area contributed by atoms with Gasteiger partial charge in [-0.25, -0.2) is 0 Å². The minimum atomic E-state index is -0.707. The van der Waals surface area contributed by atoms with Gasteiger partial charge < -0.3 is 9.84 Å². The second-order valence-corrected chi connectivity index (χ2v) is 8.12. The number of carbonyl (C=O) groups excluding carboxylic acids is 1. The molecule has 0 amide bonds.